The molecule has 0 aromatic carbocycles. The SMILES string of the molecule is CCN(CC)c1ccc(-c2ccc(C=C(C#N)C#N)s2)s1. The Morgan fingerprint density at radius 3 is 2.29 bits per heavy atom. The molecule has 0 spiro atoms. The van der Waals surface area contributed by atoms with Gasteiger partial charge >= 0.3 is 0 Å². The predicted octanol–water partition coefficient (Wildman–Crippen LogP) is 4.75. The number of anilines is 1. The predicted molar refractivity (Wildman–Crippen MR) is 90.4 cm³/mol. The van der Waals surface area contributed by atoms with Crippen molar-refractivity contribution in [3.63, 3.8) is 0 Å². The molecule has 5 heteroatoms. The van der Waals surface area contributed by atoms with E-state index in [2.05, 4.69) is 30.9 Å². The van der Waals surface area contributed by atoms with Crippen LogP contribution in [0.5, 0.6) is 0 Å². The third-order valence-electron chi connectivity index (χ3n) is 3.06. The molecule has 0 radical (unpaired) electrons. The lowest BCUT2D eigenvalue weighted by Gasteiger charge is -2.17. The zero-order valence-corrected chi connectivity index (χ0v) is 13.6. The van der Waals surface area contributed by atoms with Gasteiger partial charge in [-0.25, -0.2) is 0 Å². The lowest BCUT2D eigenvalue weighted by molar-refractivity contribution is 0.876. The van der Waals surface area contributed by atoms with Crippen LogP contribution in [-0.4, -0.2) is 13.1 Å². The molecule has 106 valence electrons. The Morgan fingerprint density at radius 1 is 1.05 bits per heavy atom. The van der Waals surface area contributed by atoms with Gasteiger partial charge in [-0.3, -0.25) is 0 Å². The molecule has 0 fully saturated rings. The number of nitriles is 2. The van der Waals surface area contributed by atoms with Crippen molar-refractivity contribution in [3.8, 4) is 21.9 Å². The number of nitrogens with zero attached hydrogens (tertiary/aromatic N) is 3. The molecule has 0 atom stereocenters. The molecule has 0 amide bonds. The van der Waals surface area contributed by atoms with Gasteiger partial charge in [-0.2, -0.15) is 10.5 Å². The molecule has 0 aliphatic heterocycles. The van der Waals surface area contributed by atoms with E-state index in [0.29, 0.717) is 0 Å². The number of hydrogen-bond acceptors (Lipinski definition) is 5. The Hall–Kier alpha value is -2.08. The largest absolute Gasteiger partial charge is 0.364 e. The lowest BCUT2D eigenvalue weighted by atomic mass is 10.3. The summed E-state index contributed by atoms with van der Waals surface area (Å²) in [6.45, 7) is 6.32. The van der Waals surface area contributed by atoms with Crippen LogP contribution in [0.2, 0.25) is 0 Å². The molecule has 3 nitrogen and oxygen atoms in total. The highest BCUT2D eigenvalue weighted by molar-refractivity contribution is 7.24. The highest BCUT2D eigenvalue weighted by atomic mass is 32.1. The minimum absolute atomic E-state index is 0.137. The van der Waals surface area contributed by atoms with Gasteiger partial charge in [0.25, 0.3) is 0 Å². The summed E-state index contributed by atoms with van der Waals surface area (Å²) in [6, 6.07) is 12.0. The lowest BCUT2D eigenvalue weighted by Crippen LogP contribution is -2.20. The molecule has 2 rings (SSSR count). The van der Waals surface area contributed by atoms with Gasteiger partial charge in [-0.15, -0.1) is 22.7 Å². The van der Waals surface area contributed by atoms with E-state index in [1.165, 1.54) is 14.8 Å². The van der Waals surface area contributed by atoms with Crippen LogP contribution in [0.25, 0.3) is 15.8 Å². The van der Waals surface area contributed by atoms with E-state index in [1.807, 2.05) is 24.3 Å². The smallest absolute Gasteiger partial charge is 0.131 e. The molecule has 21 heavy (non-hydrogen) atoms. The monoisotopic (exact) mass is 313 g/mol. The number of hydrogen-bond donors (Lipinski definition) is 0. The fourth-order valence-corrected chi connectivity index (χ4v) is 4.13. The summed E-state index contributed by atoms with van der Waals surface area (Å²) in [5.74, 6) is 0. The van der Waals surface area contributed by atoms with Gasteiger partial charge in [-0.1, -0.05) is 0 Å². The summed E-state index contributed by atoms with van der Waals surface area (Å²) in [4.78, 5) is 5.64. The summed E-state index contributed by atoms with van der Waals surface area (Å²) in [5.41, 5.74) is 0.137. The number of rotatable bonds is 5. The van der Waals surface area contributed by atoms with Crippen LogP contribution in [0.4, 0.5) is 5.00 Å². The van der Waals surface area contributed by atoms with Gasteiger partial charge in [-0.05, 0) is 44.2 Å². The third-order valence-corrected chi connectivity index (χ3v) is 5.44. The first-order valence-electron chi connectivity index (χ1n) is 6.68. The fraction of sp³-hybridized carbons (Fsp3) is 0.250. The summed E-state index contributed by atoms with van der Waals surface area (Å²) >= 11 is 3.37. The maximum atomic E-state index is 8.79. The standard InChI is InChI=1S/C16H15N3S2/c1-3-19(4-2)16-8-7-15(21-16)14-6-5-13(20-14)9-12(10-17)11-18/h5-9H,3-4H2,1-2H3. The zero-order valence-electron chi connectivity index (χ0n) is 12.0. The Bertz CT molecular complexity index is 705. The molecular weight excluding hydrogens is 298 g/mol. The summed E-state index contributed by atoms with van der Waals surface area (Å²) in [7, 11) is 0. The van der Waals surface area contributed by atoms with Crippen LogP contribution >= 0.6 is 22.7 Å². The minimum Gasteiger partial charge on any atom is -0.364 e. The van der Waals surface area contributed by atoms with Crippen LogP contribution in [0.15, 0.2) is 29.8 Å². The fourth-order valence-electron chi connectivity index (χ4n) is 1.96. The van der Waals surface area contributed by atoms with Crippen LogP contribution in [-0.2, 0) is 0 Å². The van der Waals surface area contributed by atoms with Crippen LogP contribution in [0.1, 0.15) is 18.7 Å². The van der Waals surface area contributed by atoms with Gasteiger partial charge in [0.2, 0.25) is 0 Å². The second kappa shape index (κ2) is 7.08. The molecular formula is C16H15N3S2. The van der Waals surface area contributed by atoms with Crippen molar-refractivity contribution >= 4 is 33.8 Å². The van der Waals surface area contributed by atoms with Crippen molar-refractivity contribution in [1.82, 2.24) is 0 Å². The first kappa shape index (κ1) is 15.3. The third kappa shape index (κ3) is 3.52. The van der Waals surface area contributed by atoms with Crippen molar-refractivity contribution in [2.75, 3.05) is 18.0 Å². The van der Waals surface area contributed by atoms with Gasteiger partial charge in [0.1, 0.15) is 17.7 Å². The molecule has 2 aromatic heterocycles. The molecule has 2 aromatic rings. The molecule has 0 saturated heterocycles. The summed E-state index contributed by atoms with van der Waals surface area (Å²) < 4.78 is 0. The maximum Gasteiger partial charge on any atom is 0.131 e. The van der Waals surface area contributed by atoms with E-state index >= 15 is 0 Å². The van der Waals surface area contributed by atoms with Crippen molar-refractivity contribution in [2.24, 2.45) is 0 Å². The zero-order chi connectivity index (χ0) is 15.2. The quantitative estimate of drug-likeness (QED) is 0.748. The topological polar surface area (TPSA) is 50.8 Å². The molecule has 0 saturated carbocycles. The molecule has 0 unspecified atom stereocenters. The van der Waals surface area contributed by atoms with E-state index in [4.69, 9.17) is 10.5 Å². The average Bonchev–Trinajstić information content (AvgIpc) is 3.15. The Kier molecular flexibility index (Phi) is 5.16. The second-order valence-corrected chi connectivity index (χ2v) is 6.47. The molecule has 2 heterocycles. The van der Waals surface area contributed by atoms with Crippen LogP contribution in [0, 0.1) is 22.7 Å². The molecule has 0 aliphatic carbocycles. The van der Waals surface area contributed by atoms with Gasteiger partial charge < -0.3 is 4.90 Å². The van der Waals surface area contributed by atoms with E-state index < -0.39 is 0 Å². The van der Waals surface area contributed by atoms with E-state index in [9.17, 15) is 0 Å². The van der Waals surface area contributed by atoms with Crippen molar-refractivity contribution < 1.29 is 0 Å². The van der Waals surface area contributed by atoms with Crippen molar-refractivity contribution in [2.45, 2.75) is 13.8 Å². The summed E-state index contributed by atoms with van der Waals surface area (Å²) in [6.07, 6.45) is 1.63. The second-order valence-electron chi connectivity index (χ2n) is 4.29. The van der Waals surface area contributed by atoms with Gasteiger partial charge in [0, 0.05) is 27.7 Å². The van der Waals surface area contributed by atoms with Gasteiger partial charge in [0.05, 0.1) is 5.00 Å². The number of allylic oxidation sites excluding steroid dienone is 1. The highest BCUT2D eigenvalue weighted by Gasteiger charge is 2.09. The van der Waals surface area contributed by atoms with Crippen LogP contribution < -0.4 is 4.90 Å². The van der Waals surface area contributed by atoms with Crippen molar-refractivity contribution in [3.05, 3.63) is 34.7 Å². The minimum atomic E-state index is 0.137. The Labute approximate surface area is 133 Å². The van der Waals surface area contributed by atoms with E-state index in [0.717, 1.165) is 18.0 Å². The highest BCUT2D eigenvalue weighted by Crippen LogP contribution is 2.37. The summed E-state index contributed by atoms with van der Waals surface area (Å²) in [5, 5.41) is 18.9. The van der Waals surface area contributed by atoms with E-state index in [-0.39, 0.29) is 5.57 Å². The van der Waals surface area contributed by atoms with Gasteiger partial charge in [0.15, 0.2) is 0 Å². The van der Waals surface area contributed by atoms with E-state index in [1.54, 1.807) is 28.7 Å². The first-order chi connectivity index (χ1) is 10.2. The molecule has 0 aliphatic rings. The molecule has 0 bridgehead atoms. The number of thiophene rings is 2. The normalized spacial score (nSPS) is 9.71. The Balaban J connectivity index is 2.25. The van der Waals surface area contributed by atoms with Crippen molar-refractivity contribution in [1.29, 1.82) is 10.5 Å². The first-order valence-corrected chi connectivity index (χ1v) is 8.32. The maximum absolute atomic E-state index is 8.79. The average molecular weight is 313 g/mol. The molecule has 0 N–H and O–H groups in total. The Morgan fingerprint density at radius 2 is 1.67 bits per heavy atom. The van der Waals surface area contributed by atoms with Crippen LogP contribution in [0.3, 0.4) is 0 Å².